The fraction of sp³-hybridized carbons (Fsp3) is 0.458. The first-order chi connectivity index (χ1) is 14.7. The smallest absolute Gasteiger partial charge is 0.268 e. The van der Waals surface area contributed by atoms with E-state index in [1.165, 1.54) is 6.07 Å². The number of carbonyl (C=O) groups is 2. The van der Waals surface area contributed by atoms with Crippen LogP contribution in [0.4, 0.5) is 0 Å². The second kappa shape index (κ2) is 7.96. The first-order valence-electron chi connectivity index (χ1n) is 10.6. The van der Waals surface area contributed by atoms with Crippen LogP contribution in [-0.4, -0.2) is 66.4 Å². The molecule has 164 valence electrons. The summed E-state index contributed by atoms with van der Waals surface area (Å²) in [4.78, 5) is 43.8. The van der Waals surface area contributed by atoms with Gasteiger partial charge in [0.05, 0.1) is 7.11 Å². The number of rotatable bonds is 3. The molecule has 31 heavy (non-hydrogen) atoms. The Morgan fingerprint density at radius 2 is 1.65 bits per heavy atom. The summed E-state index contributed by atoms with van der Waals surface area (Å²) in [5.74, 6) is 0.341. The van der Waals surface area contributed by atoms with Gasteiger partial charge in [0.2, 0.25) is 0 Å². The van der Waals surface area contributed by atoms with Gasteiger partial charge in [-0.1, -0.05) is 13.8 Å². The summed E-state index contributed by atoms with van der Waals surface area (Å²) >= 11 is 0. The fourth-order valence-corrected chi connectivity index (χ4v) is 4.45. The molecule has 2 aromatic rings. The maximum absolute atomic E-state index is 13.6. The molecular formula is C24H29N3O4. The Morgan fingerprint density at radius 1 is 1.00 bits per heavy atom. The van der Waals surface area contributed by atoms with E-state index in [4.69, 9.17) is 4.74 Å². The van der Waals surface area contributed by atoms with Gasteiger partial charge in [0.25, 0.3) is 11.5 Å². The van der Waals surface area contributed by atoms with Gasteiger partial charge in [-0.25, -0.2) is 0 Å². The van der Waals surface area contributed by atoms with Crippen LogP contribution in [0.25, 0.3) is 5.69 Å². The number of benzene rings is 1. The van der Waals surface area contributed by atoms with Gasteiger partial charge in [0.1, 0.15) is 11.3 Å². The van der Waals surface area contributed by atoms with Crippen LogP contribution in [0.1, 0.15) is 46.7 Å². The number of methoxy groups -OCH3 is 1. The van der Waals surface area contributed by atoms with Crippen LogP contribution in [0, 0.1) is 5.41 Å². The Balaban J connectivity index is 1.88. The van der Waals surface area contributed by atoms with Crippen molar-refractivity contribution in [3.63, 3.8) is 0 Å². The monoisotopic (exact) mass is 423 g/mol. The summed E-state index contributed by atoms with van der Waals surface area (Å²) < 4.78 is 6.79. The van der Waals surface area contributed by atoms with Crippen LogP contribution in [0.5, 0.6) is 5.75 Å². The van der Waals surface area contributed by atoms with Gasteiger partial charge in [-0.2, -0.15) is 0 Å². The Hall–Kier alpha value is -2.93. The fourth-order valence-electron chi connectivity index (χ4n) is 4.45. The number of Topliss-reactive ketones (excluding diaryl/α,β-unsaturated/α-hetero) is 1. The van der Waals surface area contributed by atoms with Crippen LogP contribution in [-0.2, 0) is 6.42 Å². The summed E-state index contributed by atoms with van der Waals surface area (Å²) in [6.45, 7) is 6.71. The van der Waals surface area contributed by atoms with Crippen LogP contribution in [0.15, 0.2) is 35.1 Å². The molecule has 1 saturated heterocycles. The van der Waals surface area contributed by atoms with Crippen LogP contribution in [0.3, 0.4) is 0 Å². The molecule has 0 radical (unpaired) electrons. The lowest BCUT2D eigenvalue weighted by Crippen LogP contribution is -2.49. The van der Waals surface area contributed by atoms with Gasteiger partial charge >= 0.3 is 0 Å². The van der Waals surface area contributed by atoms with Gasteiger partial charge < -0.3 is 14.5 Å². The van der Waals surface area contributed by atoms with Crippen molar-refractivity contribution in [3.05, 3.63) is 57.5 Å². The summed E-state index contributed by atoms with van der Waals surface area (Å²) in [6.07, 6.45) is 0.973. The zero-order chi connectivity index (χ0) is 22.3. The highest BCUT2D eigenvalue weighted by Gasteiger charge is 2.35. The standard InChI is InChI=1S/C24H29N3O4/c1-24(2)14-20-18(21(28)15-24)13-19(22(29)26-11-9-25(3)10-12-26)23(30)27(20)16-5-7-17(31-4)8-6-16/h5-8,13H,9-12,14-15H2,1-4H3. The minimum absolute atomic E-state index is 0.0269. The average molecular weight is 424 g/mol. The second-order valence-electron chi connectivity index (χ2n) is 9.29. The van der Waals surface area contributed by atoms with Crippen molar-refractivity contribution in [1.29, 1.82) is 0 Å². The molecule has 0 bridgehead atoms. The van der Waals surface area contributed by atoms with Crippen LogP contribution in [0.2, 0.25) is 0 Å². The van der Waals surface area contributed by atoms with E-state index in [0.29, 0.717) is 48.6 Å². The highest BCUT2D eigenvalue weighted by atomic mass is 16.5. The van der Waals surface area contributed by atoms with Crippen molar-refractivity contribution in [2.45, 2.75) is 26.7 Å². The number of hydrogen-bond donors (Lipinski definition) is 0. The maximum atomic E-state index is 13.6. The number of carbonyl (C=O) groups excluding carboxylic acids is 2. The molecule has 0 N–H and O–H groups in total. The van der Waals surface area contributed by atoms with Crippen LogP contribution < -0.4 is 10.3 Å². The molecule has 1 amide bonds. The van der Waals surface area contributed by atoms with Gasteiger partial charge in [-0.3, -0.25) is 19.0 Å². The number of likely N-dealkylation sites (N-methyl/N-ethyl adjacent to an activating group) is 1. The topological polar surface area (TPSA) is 71.8 Å². The lowest BCUT2D eigenvalue weighted by atomic mass is 9.75. The Bertz CT molecular complexity index is 1080. The normalized spacial score (nSPS) is 18.6. The molecule has 7 heteroatoms. The predicted octanol–water partition coefficient (Wildman–Crippen LogP) is 2.39. The molecule has 7 nitrogen and oxygen atoms in total. The molecule has 4 rings (SSSR count). The number of amides is 1. The van der Waals surface area contributed by atoms with E-state index in [2.05, 4.69) is 4.90 Å². The second-order valence-corrected chi connectivity index (χ2v) is 9.29. The van der Waals surface area contributed by atoms with Gasteiger partial charge in [0.15, 0.2) is 5.78 Å². The Labute approximate surface area is 182 Å². The minimum Gasteiger partial charge on any atom is -0.497 e. The highest BCUT2D eigenvalue weighted by Crippen LogP contribution is 2.35. The average Bonchev–Trinajstić information content (AvgIpc) is 2.73. The van der Waals surface area contributed by atoms with E-state index in [9.17, 15) is 14.4 Å². The zero-order valence-electron chi connectivity index (χ0n) is 18.6. The summed E-state index contributed by atoms with van der Waals surface area (Å²) in [7, 11) is 3.59. The van der Waals surface area contributed by atoms with Crippen molar-refractivity contribution in [2.24, 2.45) is 5.41 Å². The Kier molecular flexibility index (Phi) is 5.47. The lowest BCUT2D eigenvalue weighted by Gasteiger charge is -2.34. The number of nitrogens with zero attached hydrogens (tertiary/aromatic N) is 3. The summed E-state index contributed by atoms with van der Waals surface area (Å²) in [5.41, 5.74) is 1.21. The summed E-state index contributed by atoms with van der Waals surface area (Å²) in [5, 5.41) is 0. The van der Waals surface area contributed by atoms with Crippen molar-refractivity contribution in [2.75, 3.05) is 40.3 Å². The van der Waals surface area contributed by atoms with Crippen molar-refractivity contribution in [1.82, 2.24) is 14.4 Å². The minimum atomic E-state index is -0.377. The molecule has 2 heterocycles. The van der Waals surface area contributed by atoms with Crippen LogP contribution >= 0.6 is 0 Å². The zero-order valence-corrected chi connectivity index (χ0v) is 18.6. The van der Waals surface area contributed by atoms with E-state index < -0.39 is 0 Å². The van der Waals surface area contributed by atoms with Gasteiger partial charge in [-0.15, -0.1) is 0 Å². The third kappa shape index (κ3) is 4.02. The van der Waals surface area contributed by atoms with Crippen molar-refractivity contribution < 1.29 is 14.3 Å². The molecule has 2 aliphatic rings. The third-order valence-corrected chi connectivity index (χ3v) is 6.24. The first kappa shape index (κ1) is 21.3. The number of ether oxygens (including phenoxy) is 1. The molecule has 0 saturated carbocycles. The maximum Gasteiger partial charge on any atom is 0.268 e. The van der Waals surface area contributed by atoms with E-state index in [0.717, 1.165) is 13.1 Å². The Morgan fingerprint density at radius 3 is 2.26 bits per heavy atom. The number of ketones is 1. The van der Waals surface area contributed by atoms with E-state index in [1.807, 2.05) is 20.9 Å². The van der Waals surface area contributed by atoms with Crippen molar-refractivity contribution >= 4 is 11.7 Å². The van der Waals surface area contributed by atoms with E-state index >= 15 is 0 Å². The van der Waals surface area contributed by atoms with Crippen molar-refractivity contribution in [3.8, 4) is 11.4 Å². The first-order valence-corrected chi connectivity index (χ1v) is 10.6. The molecule has 0 atom stereocenters. The van der Waals surface area contributed by atoms with E-state index in [-0.39, 0.29) is 28.2 Å². The molecule has 1 aromatic heterocycles. The van der Waals surface area contributed by atoms with E-state index in [1.54, 1.807) is 40.8 Å². The molecule has 1 aliphatic heterocycles. The molecular weight excluding hydrogens is 394 g/mol. The number of piperazine rings is 1. The van der Waals surface area contributed by atoms with Gasteiger partial charge in [0, 0.05) is 49.5 Å². The lowest BCUT2D eigenvalue weighted by molar-refractivity contribution is 0.0662. The third-order valence-electron chi connectivity index (χ3n) is 6.24. The predicted molar refractivity (Wildman–Crippen MR) is 118 cm³/mol. The highest BCUT2D eigenvalue weighted by molar-refractivity contribution is 6.02. The summed E-state index contributed by atoms with van der Waals surface area (Å²) in [6, 6.07) is 8.67. The SMILES string of the molecule is COc1ccc(-n2c3c(cc(C(=O)N4CCN(C)CC4)c2=O)C(=O)CC(C)(C)C3)cc1. The molecule has 0 unspecified atom stereocenters. The molecule has 0 spiro atoms. The number of pyridine rings is 1. The molecule has 1 aliphatic carbocycles. The molecule has 1 fully saturated rings. The van der Waals surface area contributed by atoms with Gasteiger partial charge in [-0.05, 0) is 49.2 Å². The largest absolute Gasteiger partial charge is 0.497 e. The number of aromatic nitrogens is 1. The quantitative estimate of drug-likeness (QED) is 0.758. The molecule has 1 aromatic carbocycles. The number of hydrogen-bond acceptors (Lipinski definition) is 5. The number of fused-ring (bicyclic) bond motifs is 1.